The van der Waals surface area contributed by atoms with E-state index in [0.29, 0.717) is 0 Å². The van der Waals surface area contributed by atoms with Crippen molar-refractivity contribution in [1.82, 2.24) is 9.97 Å². The lowest BCUT2D eigenvalue weighted by atomic mass is 10.0. The summed E-state index contributed by atoms with van der Waals surface area (Å²) >= 11 is 0. The SMILES string of the molecule is CN(c1ncc[nH]c1=O)C(C)(C)C(=O)O. The highest BCUT2D eigenvalue weighted by molar-refractivity contribution is 5.81. The van der Waals surface area contributed by atoms with Crippen molar-refractivity contribution in [2.24, 2.45) is 0 Å². The summed E-state index contributed by atoms with van der Waals surface area (Å²) in [7, 11) is 1.52. The molecule has 1 heterocycles. The van der Waals surface area contributed by atoms with Crippen LogP contribution in [-0.4, -0.2) is 33.6 Å². The Morgan fingerprint density at radius 3 is 2.67 bits per heavy atom. The fourth-order valence-electron chi connectivity index (χ4n) is 0.991. The van der Waals surface area contributed by atoms with Crippen LogP contribution in [-0.2, 0) is 4.79 Å². The number of carboxylic acid groups (broad SMARTS) is 1. The number of aliphatic carboxylic acids is 1. The van der Waals surface area contributed by atoms with Crippen molar-refractivity contribution < 1.29 is 9.90 Å². The Balaban J connectivity index is 3.16. The molecule has 0 bridgehead atoms. The summed E-state index contributed by atoms with van der Waals surface area (Å²) in [6, 6.07) is 0. The average molecular weight is 211 g/mol. The van der Waals surface area contributed by atoms with Crippen LogP contribution in [0.2, 0.25) is 0 Å². The zero-order valence-corrected chi connectivity index (χ0v) is 8.81. The van der Waals surface area contributed by atoms with Crippen LogP contribution in [0.15, 0.2) is 17.2 Å². The molecule has 0 saturated carbocycles. The first-order valence-corrected chi connectivity index (χ1v) is 4.38. The van der Waals surface area contributed by atoms with Crippen LogP contribution in [0, 0.1) is 0 Å². The van der Waals surface area contributed by atoms with Crippen molar-refractivity contribution in [3.05, 3.63) is 22.7 Å². The van der Waals surface area contributed by atoms with Crippen LogP contribution in [0.1, 0.15) is 13.8 Å². The van der Waals surface area contributed by atoms with Gasteiger partial charge in [0.1, 0.15) is 5.54 Å². The molecule has 1 rings (SSSR count). The third kappa shape index (κ3) is 1.98. The molecule has 0 aromatic carbocycles. The molecule has 0 aliphatic carbocycles. The highest BCUT2D eigenvalue weighted by Crippen LogP contribution is 2.16. The Morgan fingerprint density at radius 1 is 1.60 bits per heavy atom. The van der Waals surface area contributed by atoms with Gasteiger partial charge in [0.25, 0.3) is 5.56 Å². The fraction of sp³-hybridized carbons (Fsp3) is 0.444. The average Bonchev–Trinajstić information content (AvgIpc) is 2.17. The van der Waals surface area contributed by atoms with Crippen LogP contribution in [0.4, 0.5) is 5.82 Å². The van der Waals surface area contributed by atoms with E-state index in [9.17, 15) is 9.59 Å². The van der Waals surface area contributed by atoms with Gasteiger partial charge in [0.2, 0.25) is 0 Å². The molecule has 0 fully saturated rings. The first kappa shape index (κ1) is 11.2. The molecule has 1 aromatic heterocycles. The first-order chi connectivity index (χ1) is 6.87. The van der Waals surface area contributed by atoms with E-state index in [-0.39, 0.29) is 5.82 Å². The number of hydrogen-bond acceptors (Lipinski definition) is 4. The number of nitrogens with one attached hydrogen (secondary N) is 1. The summed E-state index contributed by atoms with van der Waals surface area (Å²) in [6.07, 6.45) is 2.80. The van der Waals surface area contributed by atoms with Gasteiger partial charge in [-0.15, -0.1) is 0 Å². The van der Waals surface area contributed by atoms with Gasteiger partial charge in [-0.05, 0) is 13.8 Å². The summed E-state index contributed by atoms with van der Waals surface area (Å²) in [4.78, 5) is 30.0. The van der Waals surface area contributed by atoms with Gasteiger partial charge in [0.15, 0.2) is 5.82 Å². The Labute approximate surface area is 86.6 Å². The second-order valence-corrected chi connectivity index (χ2v) is 3.67. The lowest BCUT2D eigenvalue weighted by molar-refractivity contribution is -0.142. The molecule has 0 aliphatic rings. The maximum Gasteiger partial charge on any atom is 0.328 e. The second-order valence-electron chi connectivity index (χ2n) is 3.67. The second kappa shape index (κ2) is 3.72. The van der Waals surface area contributed by atoms with E-state index in [0.717, 1.165) is 0 Å². The van der Waals surface area contributed by atoms with E-state index in [1.165, 1.54) is 38.2 Å². The van der Waals surface area contributed by atoms with Gasteiger partial charge in [0.05, 0.1) is 0 Å². The van der Waals surface area contributed by atoms with Crippen LogP contribution in [0.25, 0.3) is 0 Å². The standard InChI is InChI=1S/C9H13N3O3/c1-9(2,8(14)15)12(3)6-7(13)11-5-4-10-6/h4-5H,1-3H3,(H,11,13)(H,14,15). The Morgan fingerprint density at radius 2 is 2.20 bits per heavy atom. The number of nitrogens with zero attached hydrogens (tertiary/aromatic N) is 2. The number of carbonyl (C=O) groups is 1. The van der Waals surface area contributed by atoms with Crippen molar-refractivity contribution in [2.75, 3.05) is 11.9 Å². The molecule has 2 N–H and O–H groups in total. The third-order valence-electron chi connectivity index (χ3n) is 2.37. The van der Waals surface area contributed by atoms with Crippen molar-refractivity contribution in [2.45, 2.75) is 19.4 Å². The van der Waals surface area contributed by atoms with Gasteiger partial charge in [-0.1, -0.05) is 0 Å². The minimum Gasteiger partial charge on any atom is -0.480 e. The van der Waals surface area contributed by atoms with Crippen molar-refractivity contribution in [3.8, 4) is 0 Å². The molecule has 0 saturated heterocycles. The van der Waals surface area contributed by atoms with Crippen LogP contribution < -0.4 is 10.5 Å². The Bertz CT molecular complexity index is 425. The molecular formula is C9H13N3O3. The van der Waals surface area contributed by atoms with E-state index >= 15 is 0 Å². The molecule has 1 aromatic rings. The third-order valence-corrected chi connectivity index (χ3v) is 2.37. The molecule has 0 aliphatic heterocycles. The molecule has 15 heavy (non-hydrogen) atoms. The highest BCUT2D eigenvalue weighted by atomic mass is 16.4. The van der Waals surface area contributed by atoms with Crippen LogP contribution in [0.3, 0.4) is 0 Å². The van der Waals surface area contributed by atoms with Gasteiger partial charge < -0.3 is 15.0 Å². The maximum absolute atomic E-state index is 11.4. The van der Waals surface area contributed by atoms with E-state index in [1.807, 2.05) is 0 Å². The van der Waals surface area contributed by atoms with Crippen LogP contribution >= 0.6 is 0 Å². The number of carboxylic acids is 1. The largest absolute Gasteiger partial charge is 0.480 e. The molecule has 0 spiro atoms. The predicted molar refractivity (Wildman–Crippen MR) is 55.0 cm³/mol. The normalized spacial score (nSPS) is 11.1. The van der Waals surface area contributed by atoms with Crippen molar-refractivity contribution in [3.63, 3.8) is 0 Å². The number of aromatic amines is 1. The minimum atomic E-state index is -1.18. The molecule has 0 amide bonds. The molecule has 82 valence electrons. The number of H-pyrrole nitrogens is 1. The summed E-state index contributed by atoms with van der Waals surface area (Å²) in [5.41, 5.74) is -1.59. The number of rotatable bonds is 3. The Hall–Kier alpha value is -1.85. The topological polar surface area (TPSA) is 86.3 Å². The molecule has 0 atom stereocenters. The van der Waals surface area contributed by atoms with E-state index < -0.39 is 17.1 Å². The summed E-state index contributed by atoms with van der Waals surface area (Å²) in [6.45, 7) is 3.01. The lowest BCUT2D eigenvalue weighted by Gasteiger charge is -2.31. The molecule has 6 heteroatoms. The minimum absolute atomic E-state index is 0.0879. The fourth-order valence-corrected chi connectivity index (χ4v) is 0.991. The summed E-state index contributed by atoms with van der Waals surface area (Å²) in [5.74, 6) is -0.931. The molecular weight excluding hydrogens is 198 g/mol. The van der Waals surface area contributed by atoms with Crippen LogP contribution in [0.5, 0.6) is 0 Å². The predicted octanol–water partition coefficient (Wildman–Crippen LogP) is 0.0693. The Kier molecular flexibility index (Phi) is 2.78. The van der Waals surface area contributed by atoms with Crippen molar-refractivity contribution in [1.29, 1.82) is 0 Å². The van der Waals surface area contributed by atoms with Gasteiger partial charge >= 0.3 is 5.97 Å². The van der Waals surface area contributed by atoms with Crippen molar-refractivity contribution >= 4 is 11.8 Å². The monoisotopic (exact) mass is 211 g/mol. The molecule has 0 unspecified atom stereocenters. The van der Waals surface area contributed by atoms with Gasteiger partial charge in [0, 0.05) is 19.4 Å². The van der Waals surface area contributed by atoms with E-state index in [2.05, 4.69) is 9.97 Å². The smallest absolute Gasteiger partial charge is 0.328 e. The maximum atomic E-state index is 11.4. The number of hydrogen-bond donors (Lipinski definition) is 2. The first-order valence-electron chi connectivity index (χ1n) is 4.38. The number of aromatic nitrogens is 2. The number of anilines is 1. The van der Waals surface area contributed by atoms with E-state index in [1.54, 1.807) is 0 Å². The zero-order chi connectivity index (χ0) is 11.6. The summed E-state index contributed by atoms with van der Waals surface area (Å²) < 4.78 is 0. The lowest BCUT2D eigenvalue weighted by Crippen LogP contribution is -2.50. The van der Waals surface area contributed by atoms with E-state index in [4.69, 9.17) is 5.11 Å². The summed E-state index contributed by atoms with van der Waals surface area (Å²) in [5, 5.41) is 8.98. The quantitative estimate of drug-likeness (QED) is 0.738. The molecule has 6 nitrogen and oxygen atoms in total. The van der Waals surface area contributed by atoms with Gasteiger partial charge in [-0.25, -0.2) is 9.78 Å². The number of likely N-dealkylation sites (N-methyl/N-ethyl adjacent to an activating group) is 1. The molecule has 0 radical (unpaired) electrons. The highest BCUT2D eigenvalue weighted by Gasteiger charge is 2.34. The van der Waals surface area contributed by atoms with Gasteiger partial charge in [-0.2, -0.15) is 0 Å². The zero-order valence-electron chi connectivity index (χ0n) is 8.81. The van der Waals surface area contributed by atoms with Gasteiger partial charge in [-0.3, -0.25) is 4.79 Å².